The number of carbonyl (C=O) groups is 1. The Morgan fingerprint density at radius 1 is 1.03 bits per heavy atom. The summed E-state index contributed by atoms with van der Waals surface area (Å²) in [7, 11) is 0. The number of anilines is 1. The van der Waals surface area contributed by atoms with Gasteiger partial charge in [0, 0.05) is 38.3 Å². The summed E-state index contributed by atoms with van der Waals surface area (Å²) in [6, 6.07) is 14.3. The molecule has 0 aliphatic carbocycles. The molecule has 1 aromatic heterocycles. The van der Waals surface area contributed by atoms with Crippen molar-refractivity contribution in [3.63, 3.8) is 0 Å². The zero-order valence-corrected chi connectivity index (χ0v) is 16.8. The molecule has 1 N–H and O–H groups in total. The van der Waals surface area contributed by atoms with Crippen LogP contribution < -0.4 is 15.0 Å². The second-order valence-corrected chi connectivity index (χ2v) is 7.84. The average Bonchev–Trinajstić information content (AvgIpc) is 3.29. The second kappa shape index (κ2) is 9.69. The lowest BCUT2D eigenvalue weighted by Gasteiger charge is -2.33. The van der Waals surface area contributed by atoms with Crippen molar-refractivity contribution in [3.8, 4) is 5.88 Å². The molecule has 2 fully saturated rings. The summed E-state index contributed by atoms with van der Waals surface area (Å²) in [6.07, 6.45) is 4.48. The quantitative estimate of drug-likeness (QED) is 0.775. The van der Waals surface area contributed by atoms with Gasteiger partial charge in [0.15, 0.2) is 12.4 Å². The maximum absolute atomic E-state index is 12.3. The Labute approximate surface area is 172 Å². The number of hydrogen-bond acceptors (Lipinski definition) is 6. The van der Waals surface area contributed by atoms with Crippen LogP contribution >= 0.6 is 0 Å². The topological polar surface area (TPSA) is 70.6 Å². The molecule has 7 nitrogen and oxygen atoms in total. The van der Waals surface area contributed by atoms with E-state index in [9.17, 15) is 4.79 Å². The van der Waals surface area contributed by atoms with Gasteiger partial charge in [-0.1, -0.05) is 30.3 Å². The van der Waals surface area contributed by atoms with E-state index in [2.05, 4.69) is 49.6 Å². The smallest absolute Gasteiger partial charge is 0.258 e. The van der Waals surface area contributed by atoms with Crippen LogP contribution in [0.4, 0.5) is 5.82 Å². The number of nitrogens with zero attached hydrogens (tertiary/aromatic N) is 4. The number of ether oxygens (including phenoxy) is 1. The highest BCUT2D eigenvalue weighted by Gasteiger charge is 2.21. The maximum Gasteiger partial charge on any atom is 0.258 e. The van der Waals surface area contributed by atoms with Gasteiger partial charge < -0.3 is 15.0 Å². The summed E-state index contributed by atoms with van der Waals surface area (Å²) in [5.74, 6) is 1.15. The Balaban J connectivity index is 1.21. The van der Waals surface area contributed by atoms with Gasteiger partial charge in [0.1, 0.15) is 0 Å². The number of benzene rings is 1. The van der Waals surface area contributed by atoms with Gasteiger partial charge in [-0.3, -0.25) is 9.69 Å². The summed E-state index contributed by atoms with van der Waals surface area (Å²) < 4.78 is 5.53. The molecule has 0 bridgehead atoms. The van der Waals surface area contributed by atoms with Gasteiger partial charge in [-0.15, -0.1) is 10.2 Å². The molecule has 3 heterocycles. The van der Waals surface area contributed by atoms with Crippen LogP contribution in [0.5, 0.6) is 5.88 Å². The van der Waals surface area contributed by atoms with Crippen molar-refractivity contribution >= 4 is 11.7 Å². The van der Waals surface area contributed by atoms with Crippen LogP contribution in [0.15, 0.2) is 42.5 Å². The highest BCUT2D eigenvalue weighted by atomic mass is 16.5. The lowest BCUT2D eigenvalue weighted by molar-refractivity contribution is -0.124. The zero-order chi connectivity index (χ0) is 19.9. The fraction of sp³-hybridized carbons (Fsp3) is 0.500. The minimum absolute atomic E-state index is 0.0348. The third kappa shape index (κ3) is 5.67. The molecule has 2 aromatic rings. The molecule has 1 atom stereocenters. The zero-order valence-electron chi connectivity index (χ0n) is 16.8. The molecule has 1 amide bonds. The van der Waals surface area contributed by atoms with Crippen LogP contribution in [0.2, 0.25) is 0 Å². The number of piperidine rings is 1. The van der Waals surface area contributed by atoms with E-state index in [0.29, 0.717) is 5.88 Å². The molecule has 7 heteroatoms. The molecule has 2 aliphatic rings. The first kappa shape index (κ1) is 19.6. The van der Waals surface area contributed by atoms with Crippen molar-refractivity contribution in [1.29, 1.82) is 0 Å². The number of amides is 1. The first-order valence-electron chi connectivity index (χ1n) is 10.5. The largest absolute Gasteiger partial charge is 0.466 e. The number of nitrogens with one attached hydrogen (secondary N) is 1. The number of likely N-dealkylation sites (tertiary alicyclic amines) is 1. The van der Waals surface area contributed by atoms with Gasteiger partial charge in [-0.2, -0.15) is 0 Å². The molecule has 0 saturated carbocycles. The van der Waals surface area contributed by atoms with Gasteiger partial charge in [0.05, 0.1) is 0 Å². The molecular weight excluding hydrogens is 366 g/mol. The highest BCUT2D eigenvalue weighted by Crippen LogP contribution is 2.18. The number of rotatable bonds is 7. The molecular formula is C22H29N5O2. The van der Waals surface area contributed by atoms with E-state index in [1.54, 1.807) is 6.07 Å². The fourth-order valence-electron chi connectivity index (χ4n) is 4.07. The first-order chi connectivity index (χ1) is 14.3. The van der Waals surface area contributed by atoms with Crippen molar-refractivity contribution in [2.45, 2.75) is 38.3 Å². The minimum atomic E-state index is -0.109. The van der Waals surface area contributed by atoms with Gasteiger partial charge >= 0.3 is 0 Å². The third-order valence-corrected chi connectivity index (χ3v) is 5.53. The van der Waals surface area contributed by atoms with Gasteiger partial charge in [-0.25, -0.2) is 0 Å². The van der Waals surface area contributed by atoms with E-state index >= 15 is 0 Å². The van der Waals surface area contributed by atoms with Crippen LogP contribution in [-0.4, -0.2) is 59.8 Å². The molecule has 2 aliphatic heterocycles. The molecule has 4 rings (SSSR count). The number of carbonyl (C=O) groups excluding carboxylic acids is 1. The van der Waals surface area contributed by atoms with Crippen LogP contribution in [0.3, 0.4) is 0 Å². The molecule has 29 heavy (non-hydrogen) atoms. The summed E-state index contributed by atoms with van der Waals surface area (Å²) >= 11 is 0. The highest BCUT2D eigenvalue weighted by molar-refractivity contribution is 5.77. The molecule has 0 radical (unpaired) electrons. The normalized spacial score (nSPS) is 19.9. The predicted molar refractivity (Wildman–Crippen MR) is 112 cm³/mol. The summed E-state index contributed by atoms with van der Waals surface area (Å²) in [6.45, 7) is 4.87. The Hall–Kier alpha value is -2.67. The Morgan fingerprint density at radius 3 is 2.62 bits per heavy atom. The standard InChI is InChI=1S/C22H29N5O2/c28-21(17-29-22-11-10-20(24-25-22)27-13-4-5-14-27)23-19-9-6-12-26(16-19)15-18-7-2-1-3-8-18/h1-3,7-8,10-11,19H,4-6,9,12-17H2,(H,23,28)/t19-/m0/s1. The molecule has 154 valence electrons. The number of aromatic nitrogens is 2. The van der Waals surface area contributed by atoms with Crippen molar-refractivity contribution in [3.05, 3.63) is 48.0 Å². The monoisotopic (exact) mass is 395 g/mol. The van der Waals surface area contributed by atoms with Gasteiger partial charge in [0.25, 0.3) is 5.91 Å². The fourth-order valence-corrected chi connectivity index (χ4v) is 4.07. The lowest BCUT2D eigenvalue weighted by atomic mass is 10.0. The van der Waals surface area contributed by atoms with Crippen molar-refractivity contribution in [2.24, 2.45) is 0 Å². The molecule has 0 spiro atoms. The van der Waals surface area contributed by atoms with Gasteiger partial charge in [-0.05, 0) is 43.9 Å². The SMILES string of the molecule is O=C(COc1ccc(N2CCCC2)nn1)N[C@H]1CCCN(Cc2ccccc2)C1. The minimum Gasteiger partial charge on any atom is -0.466 e. The van der Waals surface area contributed by atoms with Crippen LogP contribution in [0, 0.1) is 0 Å². The van der Waals surface area contributed by atoms with E-state index < -0.39 is 0 Å². The van der Waals surface area contributed by atoms with E-state index in [0.717, 1.165) is 51.4 Å². The van der Waals surface area contributed by atoms with E-state index in [1.165, 1.54) is 18.4 Å². The van der Waals surface area contributed by atoms with Crippen LogP contribution in [0.1, 0.15) is 31.2 Å². The summed E-state index contributed by atoms with van der Waals surface area (Å²) in [4.78, 5) is 16.9. The maximum atomic E-state index is 12.3. The summed E-state index contributed by atoms with van der Waals surface area (Å²) in [5.41, 5.74) is 1.30. The predicted octanol–water partition coefficient (Wildman–Crippen LogP) is 2.24. The lowest BCUT2D eigenvalue weighted by Crippen LogP contribution is -2.48. The number of hydrogen-bond donors (Lipinski definition) is 1. The Morgan fingerprint density at radius 2 is 1.86 bits per heavy atom. The van der Waals surface area contributed by atoms with E-state index in [4.69, 9.17) is 4.74 Å². The molecule has 2 saturated heterocycles. The van der Waals surface area contributed by atoms with Crippen molar-refractivity contribution in [1.82, 2.24) is 20.4 Å². The Kier molecular flexibility index (Phi) is 6.56. The van der Waals surface area contributed by atoms with Gasteiger partial charge in [0.2, 0.25) is 5.88 Å². The first-order valence-corrected chi connectivity index (χ1v) is 10.5. The van der Waals surface area contributed by atoms with E-state index in [1.807, 2.05) is 12.1 Å². The van der Waals surface area contributed by atoms with Crippen molar-refractivity contribution in [2.75, 3.05) is 37.7 Å². The van der Waals surface area contributed by atoms with Crippen molar-refractivity contribution < 1.29 is 9.53 Å². The average molecular weight is 396 g/mol. The summed E-state index contributed by atoms with van der Waals surface area (Å²) in [5, 5.41) is 11.4. The third-order valence-electron chi connectivity index (χ3n) is 5.53. The molecule has 1 aromatic carbocycles. The van der Waals surface area contributed by atoms with Crippen LogP contribution in [-0.2, 0) is 11.3 Å². The van der Waals surface area contributed by atoms with E-state index in [-0.39, 0.29) is 18.6 Å². The molecule has 0 unspecified atom stereocenters. The van der Waals surface area contributed by atoms with Crippen LogP contribution in [0.25, 0.3) is 0 Å². The Bertz CT molecular complexity index is 778. The second-order valence-electron chi connectivity index (χ2n) is 7.84.